The Bertz CT molecular complexity index is 1020. The number of hydrogen-bond donors (Lipinski definition) is 3. The third-order valence-electron chi connectivity index (χ3n) is 4.05. The number of β-lactam (4-membered cyclic amide) rings is 1. The van der Waals surface area contributed by atoms with Gasteiger partial charge in [0.2, 0.25) is 5.13 Å². The molecule has 166 valence electrons. The van der Waals surface area contributed by atoms with E-state index in [4.69, 9.17) is 10.8 Å². The number of fused-ring (bicyclic) bond motifs is 1. The predicted molar refractivity (Wildman–Crippen MR) is 111 cm³/mol. The number of nitrogens with zero attached hydrogens (tertiary/aromatic N) is 3. The van der Waals surface area contributed by atoms with Gasteiger partial charge in [0.25, 0.3) is 11.8 Å². The van der Waals surface area contributed by atoms with Crippen molar-refractivity contribution in [1.29, 1.82) is 0 Å². The van der Waals surface area contributed by atoms with Gasteiger partial charge in [-0.1, -0.05) is 34.3 Å². The quantitative estimate of drug-likeness (QED) is 0.135. The summed E-state index contributed by atoms with van der Waals surface area (Å²) in [5.74, 6) is -2.91. The fourth-order valence-electron chi connectivity index (χ4n) is 2.80. The van der Waals surface area contributed by atoms with Crippen LogP contribution in [0.5, 0.6) is 0 Å². The summed E-state index contributed by atoms with van der Waals surface area (Å²) in [5, 5.41) is 26.2. The maximum atomic E-state index is 14.0. The van der Waals surface area contributed by atoms with Gasteiger partial charge in [-0.05, 0) is 5.41 Å². The second-order valence-electron chi connectivity index (χ2n) is 5.89. The normalized spacial score (nSPS) is 20.5. The van der Waals surface area contributed by atoms with Gasteiger partial charge in [0, 0.05) is 10.7 Å². The van der Waals surface area contributed by atoms with E-state index >= 15 is 0 Å². The maximum absolute atomic E-state index is 14.0. The molecule has 1 fully saturated rings. The summed E-state index contributed by atoms with van der Waals surface area (Å²) in [4.78, 5) is 46.6. The van der Waals surface area contributed by atoms with Crippen molar-refractivity contribution in [3.05, 3.63) is 32.9 Å². The van der Waals surface area contributed by atoms with Gasteiger partial charge in [-0.2, -0.15) is 4.39 Å². The van der Waals surface area contributed by atoms with Gasteiger partial charge < -0.3 is 30.9 Å². The van der Waals surface area contributed by atoms with Gasteiger partial charge >= 0.3 is 29.6 Å². The molecule has 2 aliphatic rings. The minimum atomic E-state index is -1.54. The van der Waals surface area contributed by atoms with E-state index in [0.29, 0.717) is 16.2 Å². The third kappa shape index (κ3) is 5.30. The van der Waals surface area contributed by atoms with Crippen LogP contribution < -0.4 is 45.7 Å². The molecule has 16 heteroatoms. The Morgan fingerprint density at radius 1 is 1.56 bits per heavy atom. The zero-order valence-electron chi connectivity index (χ0n) is 16.7. The number of carbonyl (C=O) groups excluding carboxylic acids is 3. The van der Waals surface area contributed by atoms with E-state index in [-0.39, 0.29) is 52.7 Å². The monoisotopic (exact) mass is 511 g/mol. The number of carbonyl (C=O) groups is 3. The summed E-state index contributed by atoms with van der Waals surface area (Å²) in [5.41, 5.74) is 4.22. The second kappa shape index (κ2) is 11.5. The number of carboxylic acid groups (broad SMARTS) is 1. The van der Waals surface area contributed by atoms with Crippen molar-refractivity contribution < 1.29 is 63.4 Å². The Morgan fingerprint density at radius 3 is 2.84 bits per heavy atom. The van der Waals surface area contributed by atoms with Gasteiger partial charge in [0.05, 0.1) is 18.3 Å². The minimum absolute atomic E-state index is 0. The molecule has 3 rings (SSSR count). The fraction of sp³-hybridized carbons (Fsp3) is 0.312. The van der Waals surface area contributed by atoms with Crippen molar-refractivity contribution >= 4 is 63.5 Å². The van der Waals surface area contributed by atoms with E-state index in [2.05, 4.69) is 20.3 Å². The number of aliphatic carboxylic acids is 1. The first-order valence-corrected chi connectivity index (χ1v) is 11.2. The van der Waals surface area contributed by atoms with E-state index in [9.17, 15) is 23.9 Å². The molecule has 0 spiro atoms. The van der Waals surface area contributed by atoms with Gasteiger partial charge in [0.15, 0.2) is 10.8 Å². The number of thioether (sulfide) groups is 2. The molecule has 0 bridgehead atoms. The number of hydrogen-bond acceptors (Lipinski definition) is 12. The van der Waals surface area contributed by atoms with Crippen LogP contribution in [0.2, 0.25) is 0 Å². The molecule has 2 amide bonds. The number of aliphatic hydroxyl groups excluding tert-OH is 1. The van der Waals surface area contributed by atoms with Crippen molar-refractivity contribution in [2.45, 2.75) is 11.4 Å². The molecule has 1 saturated heterocycles. The number of aromatic nitrogens is 1. The number of rotatable bonds is 8. The van der Waals surface area contributed by atoms with Crippen molar-refractivity contribution in [1.82, 2.24) is 15.2 Å². The zero-order chi connectivity index (χ0) is 22.7. The SMILES string of the molecule is CO/N=C(\C(=O)NC1C(=O)N2C(C(=O)[O-])=C(S/C=C\CO)CS[C@H]12)c1nc(N)sc1F.[Na+]. The van der Waals surface area contributed by atoms with E-state index in [1.165, 1.54) is 23.2 Å². The van der Waals surface area contributed by atoms with Crippen LogP contribution in [0, 0.1) is 5.13 Å². The molecule has 2 aliphatic heterocycles. The number of thiazole rings is 1. The van der Waals surface area contributed by atoms with Crippen molar-refractivity contribution in [2.24, 2.45) is 5.16 Å². The summed E-state index contributed by atoms with van der Waals surface area (Å²) in [6.45, 7) is -0.218. The molecule has 1 aromatic rings. The molecule has 4 N–H and O–H groups in total. The van der Waals surface area contributed by atoms with E-state index in [1.54, 1.807) is 0 Å². The molecule has 2 atom stereocenters. The van der Waals surface area contributed by atoms with Crippen molar-refractivity contribution in [2.75, 3.05) is 25.2 Å². The standard InChI is InChI=1S/C16H16FN5O6S3.Na/c1-28-21-8(7-11(17)31-16(18)20-7)12(24)19-9-13(25)22-10(15(26)27)6(5-30-14(9)22)29-4-2-3-23;/h2,4,9,14,23H,3,5H2,1H3,(H2,18,20)(H,19,24)(H,26,27);/q;+1/p-1/b4-2-,21-8-;/t9?,14-;/m1./s1. The molecule has 0 aromatic carbocycles. The van der Waals surface area contributed by atoms with Crippen LogP contribution in [0.4, 0.5) is 9.52 Å². The number of halogens is 1. The summed E-state index contributed by atoms with van der Waals surface area (Å²) < 4.78 is 14.0. The Morgan fingerprint density at radius 2 is 2.28 bits per heavy atom. The number of carboxylic acids is 1. The number of oxime groups is 1. The van der Waals surface area contributed by atoms with Crippen LogP contribution in [-0.4, -0.2) is 69.4 Å². The molecular weight excluding hydrogens is 496 g/mol. The molecule has 0 saturated carbocycles. The summed E-state index contributed by atoms with van der Waals surface area (Å²) in [7, 11) is 1.15. The molecule has 0 aliphatic carbocycles. The fourth-order valence-corrected chi connectivity index (χ4v) is 5.67. The van der Waals surface area contributed by atoms with Crippen molar-refractivity contribution in [3.8, 4) is 0 Å². The molecular formula is C16H15FN5NaO6S3. The Hall–Kier alpha value is -1.62. The molecule has 1 aromatic heterocycles. The maximum Gasteiger partial charge on any atom is 1.00 e. The number of nitrogens with one attached hydrogen (secondary N) is 1. The van der Waals surface area contributed by atoms with E-state index < -0.39 is 45.7 Å². The summed E-state index contributed by atoms with van der Waals surface area (Å²) >= 11 is 2.79. The van der Waals surface area contributed by atoms with Gasteiger partial charge in [-0.3, -0.25) is 14.5 Å². The Balaban J connectivity index is 0.00000363. The van der Waals surface area contributed by atoms with E-state index in [0.717, 1.165) is 23.8 Å². The minimum Gasteiger partial charge on any atom is -0.543 e. The largest absolute Gasteiger partial charge is 1.00 e. The third-order valence-corrected chi connectivity index (χ3v) is 7.14. The molecule has 3 heterocycles. The first-order valence-electron chi connectivity index (χ1n) is 8.46. The molecule has 0 radical (unpaired) electrons. The zero-order valence-corrected chi connectivity index (χ0v) is 21.2. The number of amides is 2. The number of anilines is 1. The van der Waals surface area contributed by atoms with E-state index in [1.807, 2.05) is 0 Å². The van der Waals surface area contributed by atoms with Gasteiger partial charge in [-0.15, -0.1) is 11.8 Å². The van der Waals surface area contributed by atoms with Gasteiger partial charge in [-0.25, -0.2) is 4.98 Å². The Labute approximate surface area is 215 Å². The first kappa shape index (κ1) is 26.6. The number of nitrogens with two attached hydrogens (primary N) is 1. The molecule has 1 unspecified atom stereocenters. The predicted octanol–water partition coefficient (Wildman–Crippen LogP) is -4.18. The van der Waals surface area contributed by atoms with Crippen LogP contribution >= 0.6 is 34.9 Å². The van der Waals surface area contributed by atoms with Crippen LogP contribution in [0.1, 0.15) is 5.69 Å². The average molecular weight is 512 g/mol. The smallest absolute Gasteiger partial charge is 0.543 e. The topological polar surface area (TPSA) is 170 Å². The second-order valence-corrected chi connectivity index (χ2v) is 8.98. The van der Waals surface area contributed by atoms with Crippen LogP contribution in [0.15, 0.2) is 27.2 Å². The van der Waals surface area contributed by atoms with Crippen molar-refractivity contribution in [3.63, 3.8) is 0 Å². The van der Waals surface area contributed by atoms with Crippen LogP contribution in [-0.2, 0) is 19.2 Å². The molecule has 11 nitrogen and oxygen atoms in total. The number of nitrogen functional groups attached to an aromatic ring is 1. The first-order chi connectivity index (χ1) is 14.8. The summed E-state index contributed by atoms with van der Waals surface area (Å²) in [6, 6.07) is -1.08. The van der Waals surface area contributed by atoms with Gasteiger partial charge in [0.1, 0.15) is 24.2 Å². The Kier molecular flexibility index (Phi) is 9.56. The molecule has 32 heavy (non-hydrogen) atoms. The average Bonchev–Trinajstić information content (AvgIpc) is 3.06. The van der Waals surface area contributed by atoms with Crippen LogP contribution in [0.3, 0.4) is 0 Å². The number of aliphatic hydroxyl groups is 1. The van der Waals surface area contributed by atoms with Crippen LogP contribution in [0.25, 0.3) is 0 Å². The summed E-state index contributed by atoms with van der Waals surface area (Å²) in [6.07, 6.45) is 1.42.